The van der Waals surface area contributed by atoms with E-state index in [4.69, 9.17) is 9.47 Å². The van der Waals surface area contributed by atoms with Crippen molar-refractivity contribution < 1.29 is 14.3 Å². The standard InChI is InChI=1S/C15H23NO3/c1-11(2)9-14(16-15(17)10-18-3)12-5-7-13(19-4)8-6-12/h5-8,11,14H,9-10H2,1-4H3,(H,16,17). The third-order valence-electron chi connectivity index (χ3n) is 2.84. The highest BCUT2D eigenvalue weighted by atomic mass is 16.5. The van der Waals surface area contributed by atoms with Crippen molar-refractivity contribution >= 4 is 5.91 Å². The van der Waals surface area contributed by atoms with E-state index in [-0.39, 0.29) is 18.6 Å². The first-order chi connectivity index (χ1) is 9.06. The SMILES string of the molecule is COCC(=O)NC(CC(C)C)c1ccc(OC)cc1. The largest absolute Gasteiger partial charge is 0.497 e. The van der Waals surface area contributed by atoms with Crippen molar-refractivity contribution in [2.75, 3.05) is 20.8 Å². The number of ether oxygens (including phenoxy) is 2. The van der Waals surface area contributed by atoms with Crippen LogP contribution in [0.15, 0.2) is 24.3 Å². The first kappa shape index (κ1) is 15.5. The summed E-state index contributed by atoms with van der Waals surface area (Å²) in [5.74, 6) is 1.22. The number of amides is 1. The zero-order chi connectivity index (χ0) is 14.3. The number of carbonyl (C=O) groups excluding carboxylic acids is 1. The fourth-order valence-corrected chi connectivity index (χ4v) is 1.95. The predicted molar refractivity (Wildman–Crippen MR) is 75.2 cm³/mol. The van der Waals surface area contributed by atoms with Gasteiger partial charge in [0, 0.05) is 7.11 Å². The molecule has 0 aromatic heterocycles. The van der Waals surface area contributed by atoms with Gasteiger partial charge >= 0.3 is 0 Å². The average Bonchev–Trinajstić information content (AvgIpc) is 2.38. The smallest absolute Gasteiger partial charge is 0.246 e. The van der Waals surface area contributed by atoms with Crippen LogP contribution in [0.4, 0.5) is 0 Å². The lowest BCUT2D eigenvalue weighted by Crippen LogP contribution is -2.32. The van der Waals surface area contributed by atoms with E-state index in [9.17, 15) is 4.79 Å². The number of nitrogens with one attached hydrogen (secondary N) is 1. The van der Waals surface area contributed by atoms with Gasteiger partial charge in [-0.1, -0.05) is 26.0 Å². The van der Waals surface area contributed by atoms with Crippen molar-refractivity contribution in [2.24, 2.45) is 5.92 Å². The molecule has 1 rings (SSSR count). The molecule has 0 bridgehead atoms. The Balaban J connectivity index is 2.79. The van der Waals surface area contributed by atoms with Crippen molar-refractivity contribution in [3.63, 3.8) is 0 Å². The molecular formula is C15H23NO3. The van der Waals surface area contributed by atoms with Gasteiger partial charge in [-0.05, 0) is 30.0 Å². The second-order valence-electron chi connectivity index (χ2n) is 4.96. The molecule has 0 heterocycles. The molecule has 1 aromatic rings. The van der Waals surface area contributed by atoms with Crippen LogP contribution in [0.25, 0.3) is 0 Å². The molecule has 0 saturated heterocycles. The quantitative estimate of drug-likeness (QED) is 0.824. The Morgan fingerprint density at radius 1 is 1.21 bits per heavy atom. The highest BCUT2D eigenvalue weighted by molar-refractivity contribution is 5.77. The molecule has 0 aliphatic heterocycles. The van der Waals surface area contributed by atoms with Gasteiger partial charge in [0.2, 0.25) is 5.91 Å². The molecular weight excluding hydrogens is 242 g/mol. The maximum absolute atomic E-state index is 11.7. The lowest BCUT2D eigenvalue weighted by molar-refractivity contribution is -0.125. The third-order valence-corrected chi connectivity index (χ3v) is 2.84. The molecule has 0 fully saturated rings. The second-order valence-corrected chi connectivity index (χ2v) is 4.96. The fourth-order valence-electron chi connectivity index (χ4n) is 1.95. The summed E-state index contributed by atoms with van der Waals surface area (Å²) in [5, 5.41) is 3.00. The number of benzene rings is 1. The summed E-state index contributed by atoms with van der Waals surface area (Å²) < 4.78 is 9.99. The monoisotopic (exact) mass is 265 g/mol. The van der Waals surface area contributed by atoms with Crippen LogP contribution >= 0.6 is 0 Å². The Labute approximate surface area is 115 Å². The van der Waals surface area contributed by atoms with E-state index in [0.717, 1.165) is 17.7 Å². The van der Waals surface area contributed by atoms with Crippen LogP contribution in [0.2, 0.25) is 0 Å². The summed E-state index contributed by atoms with van der Waals surface area (Å²) in [6.45, 7) is 4.36. The minimum absolute atomic E-state index is 0.00792. The first-order valence-electron chi connectivity index (χ1n) is 6.49. The van der Waals surface area contributed by atoms with Gasteiger partial charge in [0.25, 0.3) is 0 Å². The van der Waals surface area contributed by atoms with E-state index in [1.54, 1.807) is 7.11 Å². The lowest BCUT2D eigenvalue weighted by atomic mass is 9.97. The van der Waals surface area contributed by atoms with Crippen molar-refractivity contribution in [1.82, 2.24) is 5.32 Å². The van der Waals surface area contributed by atoms with Crippen molar-refractivity contribution in [2.45, 2.75) is 26.3 Å². The normalized spacial score (nSPS) is 12.3. The van der Waals surface area contributed by atoms with Crippen LogP contribution in [0.3, 0.4) is 0 Å². The molecule has 1 atom stereocenters. The summed E-state index contributed by atoms with van der Waals surface area (Å²) in [6.07, 6.45) is 0.891. The van der Waals surface area contributed by atoms with E-state index >= 15 is 0 Å². The van der Waals surface area contributed by atoms with E-state index in [2.05, 4.69) is 19.2 Å². The highest BCUT2D eigenvalue weighted by Gasteiger charge is 2.16. The van der Waals surface area contributed by atoms with Crippen LogP contribution in [0.1, 0.15) is 31.9 Å². The van der Waals surface area contributed by atoms with Gasteiger partial charge in [-0.3, -0.25) is 4.79 Å². The summed E-state index contributed by atoms with van der Waals surface area (Å²) in [6, 6.07) is 7.79. The molecule has 0 saturated carbocycles. The number of methoxy groups -OCH3 is 2. The molecule has 4 nitrogen and oxygen atoms in total. The zero-order valence-corrected chi connectivity index (χ0v) is 12.1. The van der Waals surface area contributed by atoms with Crippen LogP contribution < -0.4 is 10.1 Å². The van der Waals surface area contributed by atoms with E-state index in [1.165, 1.54) is 7.11 Å². The predicted octanol–water partition coefficient (Wildman–Crippen LogP) is 2.55. The van der Waals surface area contributed by atoms with Gasteiger partial charge in [-0.25, -0.2) is 0 Å². The molecule has 0 aliphatic rings. The molecule has 0 radical (unpaired) electrons. The maximum Gasteiger partial charge on any atom is 0.246 e. The highest BCUT2D eigenvalue weighted by Crippen LogP contribution is 2.23. The minimum Gasteiger partial charge on any atom is -0.497 e. The third kappa shape index (κ3) is 5.30. The number of rotatable bonds is 7. The summed E-state index contributed by atoms with van der Waals surface area (Å²) in [4.78, 5) is 11.7. The molecule has 0 spiro atoms. The fraction of sp³-hybridized carbons (Fsp3) is 0.533. The Bertz CT molecular complexity index is 387. The van der Waals surface area contributed by atoms with Crippen molar-refractivity contribution in [1.29, 1.82) is 0 Å². The average molecular weight is 265 g/mol. The van der Waals surface area contributed by atoms with Gasteiger partial charge in [0.05, 0.1) is 13.2 Å². The van der Waals surface area contributed by atoms with Crippen LogP contribution in [-0.2, 0) is 9.53 Å². The van der Waals surface area contributed by atoms with Crippen LogP contribution in [0.5, 0.6) is 5.75 Å². The van der Waals surface area contributed by atoms with Crippen LogP contribution in [-0.4, -0.2) is 26.7 Å². The topological polar surface area (TPSA) is 47.6 Å². The molecule has 1 unspecified atom stereocenters. The Kier molecular flexibility index (Phi) is 6.36. The number of carbonyl (C=O) groups is 1. The molecule has 1 N–H and O–H groups in total. The molecule has 106 valence electrons. The minimum atomic E-state index is -0.0935. The van der Waals surface area contributed by atoms with E-state index in [1.807, 2.05) is 24.3 Å². The molecule has 0 aliphatic carbocycles. The lowest BCUT2D eigenvalue weighted by Gasteiger charge is -2.21. The number of hydrogen-bond donors (Lipinski definition) is 1. The Morgan fingerprint density at radius 3 is 2.32 bits per heavy atom. The van der Waals surface area contributed by atoms with E-state index in [0.29, 0.717) is 5.92 Å². The van der Waals surface area contributed by atoms with Gasteiger partial charge in [-0.2, -0.15) is 0 Å². The molecule has 4 heteroatoms. The maximum atomic E-state index is 11.7. The zero-order valence-electron chi connectivity index (χ0n) is 12.1. The molecule has 1 aromatic carbocycles. The van der Waals surface area contributed by atoms with Crippen LogP contribution in [0, 0.1) is 5.92 Å². The second kappa shape index (κ2) is 7.79. The van der Waals surface area contributed by atoms with Crippen molar-refractivity contribution in [3.05, 3.63) is 29.8 Å². The van der Waals surface area contributed by atoms with Gasteiger partial charge < -0.3 is 14.8 Å². The summed E-state index contributed by atoms with van der Waals surface area (Å²) >= 11 is 0. The molecule has 19 heavy (non-hydrogen) atoms. The molecule has 1 amide bonds. The Hall–Kier alpha value is -1.55. The van der Waals surface area contributed by atoms with Gasteiger partial charge in [0.15, 0.2) is 0 Å². The Morgan fingerprint density at radius 2 is 1.84 bits per heavy atom. The number of hydrogen-bond acceptors (Lipinski definition) is 3. The van der Waals surface area contributed by atoms with E-state index < -0.39 is 0 Å². The first-order valence-corrected chi connectivity index (χ1v) is 6.49. The van der Waals surface area contributed by atoms with Crippen molar-refractivity contribution in [3.8, 4) is 5.75 Å². The summed E-state index contributed by atoms with van der Waals surface area (Å²) in [7, 11) is 3.16. The summed E-state index contributed by atoms with van der Waals surface area (Å²) in [5.41, 5.74) is 1.08. The van der Waals surface area contributed by atoms with Gasteiger partial charge in [-0.15, -0.1) is 0 Å². The van der Waals surface area contributed by atoms with Gasteiger partial charge in [0.1, 0.15) is 12.4 Å².